The first-order valence-electron chi connectivity index (χ1n) is 9.31. The van der Waals surface area contributed by atoms with Gasteiger partial charge in [-0.05, 0) is 52.0 Å². The molecule has 27 heavy (non-hydrogen) atoms. The minimum absolute atomic E-state index is 0.0466. The zero-order valence-corrected chi connectivity index (χ0v) is 15.8. The van der Waals surface area contributed by atoms with Crippen LogP contribution in [0.5, 0.6) is 0 Å². The van der Waals surface area contributed by atoms with E-state index in [1.165, 1.54) is 11.8 Å². The predicted octanol–water partition coefficient (Wildman–Crippen LogP) is 3.55. The molecule has 2 atom stereocenters. The number of hydrogen-bond acceptors (Lipinski definition) is 5. The van der Waals surface area contributed by atoms with Crippen LogP contribution in [0.3, 0.4) is 0 Å². The minimum atomic E-state index is -0.497. The number of nitriles is 1. The second-order valence-electron chi connectivity index (χ2n) is 8.22. The van der Waals surface area contributed by atoms with Gasteiger partial charge in [0.05, 0.1) is 12.2 Å². The summed E-state index contributed by atoms with van der Waals surface area (Å²) in [6.45, 7) is 5.69. The number of ether oxygens (including phenoxy) is 1. The number of carbonyl (C=O) groups excluding carboxylic acids is 1. The van der Waals surface area contributed by atoms with Gasteiger partial charge < -0.3 is 4.74 Å². The Hall–Kier alpha value is -2.88. The van der Waals surface area contributed by atoms with Crippen LogP contribution in [-0.4, -0.2) is 43.3 Å². The van der Waals surface area contributed by atoms with Crippen LogP contribution in [0.1, 0.15) is 57.6 Å². The van der Waals surface area contributed by atoms with Crippen LogP contribution in [-0.2, 0) is 4.74 Å². The average Bonchev–Trinajstić information content (AvgIpc) is 3.01. The Morgan fingerprint density at radius 3 is 2.85 bits per heavy atom. The fraction of sp³-hybridized carbons (Fsp3) is 0.500. The Labute approximate surface area is 158 Å². The largest absolute Gasteiger partial charge is 0.444 e. The first-order valence-corrected chi connectivity index (χ1v) is 9.31. The molecular weight excluding hydrogens is 342 g/mol. The van der Waals surface area contributed by atoms with E-state index in [0.717, 1.165) is 31.2 Å². The molecule has 0 saturated carbocycles. The van der Waals surface area contributed by atoms with Gasteiger partial charge >= 0.3 is 6.09 Å². The highest BCUT2D eigenvalue weighted by Gasteiger charge is 2.39. The van der Waals surface area contributed by atoms with E-state index in [1.807, 2.05) is 31.9 Å². The van der Waals surface area contributed by atoms with E-state index < -0.39 is 5.60 Å². The smallest absolute Gasteiger partial charge is 0.411 e. The van der Waals surface area contributed by atoms with Crippen molar-refractivity contribution in [1.82, 2.24) is 19.5 Å². The third-order valence-electron chi connectivity index (χ3n) is 5.09. The lowest BCUT2D eigenvalue weighted by Crippen LogP contribution is -2.53. The molecule has 0 radical (unpaired) electrons. The molecule has 1 amide bonds. The van der Waals surface area contributed by atoms with Gasteiger partial charge in [-0.25, -0.2) is 14.3 Å². The monoisotopic (exact) mass is 365 g/mol. The van der Waals surface area contributed by atoms with E-state index in [1.54, 1.807) is 10.7 Å². The van der Waals surface area contributed by atoms with Crippen LogP contribution in [0.4, 0.5) is 4.79 Å². The van der Waals surface area contributed by atoms with Crippen molar-refractivity contribution < 1.29 is 9.53 Å². The zero-order chi connectivity index (χ0) is 19.2. The van der Waals surface area contributed by atoms with E-state index in [9.17, 15) is 4.79 Å². The molecule has 140 valence electrons. The molecular formula is C20H23N5O2. The van der Waals surface area contributed by atoms with Crippen LogP contribution in [0.25, 0.3) is 11.2 Å². The van der Waals surface area contributed by atoms with Gasteiger partial charge in [0.25, 0.3) is 0 Å². The zero-order valence-electron chi connectivity index (χ0n) is 15.8. The van der Waals surface area contributed by atoms with E-state index >= 15 is 0 Å². The maximum atomic E-state index is 12.7. The summed E-state index contributed by atoms with van der Waals surface area (Å²) < 4.78 is 7.27. The maximum absolute atomic E-state index is 12.7. The van der Waals surface area contributed by atoms with Crippen molar-refractivity contribution in [1.29, 1.82) is 5.26 Å². The molecule has 0 aromatic carbocycles. The molecule has 2 unspecified atom stereocenters. The van der Waals surface area contributed by atoms with Crippen LogP contribution < -0.4 is 0 Å². The molecule has 7 heteroatoms. The fourth-order valence-electron chi connectivity index (χ4n) is 3.96. The highest BCUT2D eigenvalue weighted by Crippen LogP contribution is 2.37. The summed E-state index contributed by atoms with van der Waals surface area (Å²) in [6.07, 6.45) is 11.0. The highest BCUT2D eigenvalue weighted by molar-refractivity contribution is 5.74. The number of piperidine rings is 1. The molecule has 0 N–H and O–H groups in total. The first kappa shape index (κ1) is 17.5. The summed E-state index contributed by atoms with van der Waals surface area (Å²) in [5, 5.41) is 13.3. The second-order valence-corrected chi connectivity index (χ2v) is 8.22. The third kappa shape index (κ3) is 3.27. The number of carbonyl (C=O) groups is 1. The molecule has 0 aliphatic carbocycles. The molecule has 2 aromatic rings. The SMILES string of the molecule is CC(C)(C)OC(=O)N1C2C=C(c3cnc4c(C#N)cnn4c3)CC1CCC2. The lowest BCUT2D eigenvalue weighted by atomic mass is 9.83. The number of fused-ring (bicyclic) bond motifs is 3. The Morgan fingerprint density at radius 1 is 1.33 bits per heavy atom. The van der Waals surface area contributed by atoms with E-state index in [4.69, 9.17) is 10.00 Å². The van der Waals surface area contributed by atoms with Crippen LogP contribution in [0.2, 0.25) is 0 Å². The van der Waals surface area contributed by atoms with Crippen LogP contribution in [0, 0.1) is 11.3 Å². The van der Waals surface area contributed by atoms with Gasteiger partial charge in [-0.15, -0.1) is 0 Å². The van der Waals surface area contributed by atoms with Crippen molar-refractivity contribution in [3.8, 4) is 6.07 Å². The molecule has 4 rings (SSSR count). The summed E-state index contributed by atoms with van der Waals surface area (Å²) in [7, 11) is 0. The van der Waals surface area contributed by atoms with Crippen LogP contribution in [0.15, 0.2) is 24.7 Å². The van der Waals surface area contributed by atoms with Gasteiger partial charge in [-0.2, -0.15) is 10.4 Å². The first-order chi connectivity index (χ1) is 12.9. The van der Waals surface area contributed by atoms with E-state index in [2.05, 4.69) is 22.2 Å². The summed E-state index contributed by atoms with van der Waals surface area (Å²) in [4.78, 5) is 19.0. The molecule has 2 bridgehead atoms. The summed E-state index contributed by atoms with van der Waals surface area (Å²) in [5.41, 5.74) is 2.69. The quantitative estimate of drug-likeness (QED) is 0.772. The normalized spacial score (nSPS) is 22.3. The van der Waals surface area contributed by atoms with Crippen molar-refractivity contribution in [2.75, 3.05) is 0 Å². The molecule has 7 nitrogen and oxygen atoms in total. The standard InChI is InChI=1S/C20H23N5O2/c1-20(2,3)27-19(26)25-16-5-4-6-17(25)8-13(7-16)15-10-22-18-14(9-21)11-23-24(18)12-15/h7,10-12,16-17H,4-6,8H2,1-3H3. The fourth-order valence-corrected chi connectivity index (χ4v) is 3.96. The summed E-state index contributed by atoms with van der Waals surface area (Å²) in [6, 6.07) is 2.29. The van der Waals surface area contributed by atoms with Crippen molar-refractivity contribution in [3.05, 3.63) is 35.8 Å². The lowest BCUT2D eigenvalue weighted by molar-refractivity contribution is 0.0000830. The van der Waals surface area contributed by atoms with E-state index in [0.29, 0.717) is 11.2 Å². The minimum Gasteiger partial charge on any atom is -0.444 e. The molecule has 1 saturated heterocycles. The number of nitrogens with zero attached hydrogens (tertiary/aromatic N) is 5. The molecule has 2 aliphatic heterocycles. The molecule has 4 heterocycles. The summed E-state index contributed by atoms with van der Waals surface area (Å²) in [5.74, 6) is 0. The van der Waals surface area contributed by atoms with Gasteiger partial charge in [-0.3, -0.25) is 4.90 Å². The van der Waals surface area contributed by atoms with Gasteiger partial charge in [0.2, 0.25) is 0 Å². The number of amides is 1. The van der Waals surface area contributed by atoms with Crippen molar-refractivity contribution >= 4 is 17.3 Å². The van der Waals surface area contributed by atoms with Crippen LogP contribution >= 0.6 is 0 Å². The highest BCUT2D eigenvalue weighted by atomic mass is 16.6. The van der Waals surface area contributed by atoms with Gasteiger partial charge in [-0.1, -0.05) is 6.08 Å². The van der Waals surface area contributed by atoms with Gasteiger partial charge in [0.1, 0.15) is 17.2 Å². The Kier molecular flexibility index (Phi) is 4.14. The van der Waals surface area contributed by atoms with Crippen molar-refractivity contribution in [2.24, 2.45) is 0 Å². The van der Waals surface area contributed by atoms with Gasteiger partial charge in [0.15, 0.2) is 5.65 Å². The average molecular weight is 365 g/mol. The number of aromatic nitrogens is 3. The summed E-state index contributed by atoms with van der Waals surface area (Å²) >= 11 is 0. The lowest BCUT2D eigenvalue weighted by Gasteiger charge is -2.45. The Bertz CT molecular complexity index is 963. The van der Waals surface area contributed by atoms with Crippen molar-refractivity contribution in [3.63, 3.8) is 0 Å². The van der Waals surface area contributed by atoms with Crippen molar-refractivity contribution in [2.45, 2.75) is 64.1 Å². The molecule has 2 aliphatic rings. The van der Waals surface area contributed by atoms with Gasteiger partial charge in [0, 0.05) is 24.0 Å². The maximum Gasteiger partial charge on any atom is 0.411 e. The Balaban J connectivity index is 1.64. The number of hydrogen-bond donors (Lipinski definition) is 0. The Morgan fingerprint density at radius 2 is 2.15 bits per heavy atom. The molecule has 1 fully saturated rings. The number of rotatable bonds is 1. The second kappa shape index (κ2) is 6.38. The predicted molar refractivity (Wildman–Crippen MR) is 99.8 cm³/mol. The topological polar surface area (TPSA) is 83.5 Å². The van der Waals surface area contributed by atoms with E-state index in [-0.39, 0.29) is 18.2 Å². The third-order valence-corrected chi connectivity index (χ3v) is 5.09. The molecule has 2 aromatic heterocycles. The molecule has 0 spiro atoms.